The first-order chi connectivity index (χ1) is 12.2. The third-order valence-corrected chi connectivity index (χ3v) is 4.29. The molecule has 2 saturated carbocycles. The van der Waals surface area contributed by atoms with Crippen LogP contribution in [0.25, 0.3) is 5.78 Å². The molecule has 1 N–H and O–H groups in total. The van der Waals surface area contributed by atoms with E-state index < -0.39 is 0 Å². The maximum atomic E-state index is 14.1. The van der Waals surface area contributed by atoms with Gasteiger partial charge in [-0.1, -0.05) is 31.4 Å². The number of rotatable bonds is 4. The van der Waals surface area contributed by atoms with Crippen LogP contribution < -0.4 is 5.32 Å². The molecule has 0 spiro atoms. The van der Waals surface area contributed by atoms with Crippen LogP contribution in [-0.4, -0.2) is 19.6 Å². The molecule has 0 atom stereocenters. The Kier molecular flexibility index (Phi) is 4.34. The van der Waals surface area contributed by atoms with Crippen LogP contribution in [0.2, 0.25) is 0 Å². The summed E-state index contributed by atoms with van der Waals surface area (Å²) in [6.07, 6.45) is 8.18. The number of aromatic nitrogens is 4. The van der Waals surface area contributed by atoms with Gasteiger partial charge in [-0.3, -0.25) is 0 Å². The maximum absolute atomic E-state index is 14.1. The Morgan fingerprint density at radius 1 is 1.20 bits per heavy atom. The first kappa shape index (κ1) is 16.0. The quantitative estimate of drug-likeness (QED) is 0.773. The second-order valence-corrected chi connectivity index (χ2v) is 6.80. The van der Waals surface area contributed by atoms with Gasteiger partial charge in [0.1, 0.15) is 18.0 Å². The van der Waals surface area contributed by atoms with Gasteiger partial charge >= 0.3 is 0 Å². The molecule has 3 aromatic rings. The average molecular weight is 339 g/mol. The highest BCUT2D eigenvalue weighted by atomic mass is 19.1. The summed E-state index contributed by atoms with van der Waals surface area (Å²) < 4.78 is 15.7. The van der Waals surface area contributed by atoms with Crippen molar-refractivity contribution in [3.05, 3.63) is 53.2 Å². The first-order valence-corrected chi connectivity index (χ1v) is 8.90. The molecule has 0 radical (unpaired) electrons. The third kappa shape index (κ3) is 3.95. The lowest BCUT2D eigenvalue weighted by Gasteiger charge is -2.10. The number of halogens is 1. The normalized spacial score (nSPS) is 15.6. The van der Waals surface area contributed by atoms with E-state index in [-0.39, 0.29) is 5.82 Å². The Morgan fingerprint density at radius 2 is 2.00 bits per heavy atom. The van der Waals surface area contributed by atoms with Crippen LogP contribution in [0.1, 0.15) is 54.8 Å². The van der Waals surface area contributed by atoms with Crippen molar-refractivity contribution in [2.24, 2.45) is 0 Å². The smallest absolute Gasteiger partial charge is 0.254 e. The van der Waals surface area contributed by atoms with E-state index in [4.69, 9.17) is 0 Å². The lowest BCUT2D eigenvalue weighted by molar-refractivity contribution is 0.609. The number of benzene rings is 1. The minimum Gasteiger partial charge on any atom is -0.366 e. The van der Waals surface area contributed by atoms with Gasteiger partial charge in [-0.15, -0.1) is 0 Å². The molecule has 5 rings (SSSR count). The lowest BCUT2D eigenvalue weighted by Crippen LogP contribution is -2.07. The Balaban J connectivity index is 0.000000474. The van der Waals surface area contributed by atoms with Crippen LogP contribution in [-0.2, 0) is 6.54 Å². The molecule has 0 aliphatic heterocycles. The first-order valence-electron chi connectivity index (χ1n) is 8.90. The van der Waals surface area contributed by atoms with E-state index in [0.29, 0.717) is 18.2 Å². The highest BCUT2D eigenvalue weighted by Gasteiger charge is 2.26. The van der Waals surface area contributed by atoms with E-state index in [0.717, 1.165) is 35.5 Å². The van der Waals surface area contributed by atoms with Gasteiger partial charge in [0.2, 0.25) is 0 Å². The van der Waals surface area contributed by atoms with Crippen LogP contribution in [0, 0.1) is 12.7 Å². The average Bonchev–Trinajstić information content (AvgIpc) is 3.50. The van der Waals surface area contributed by atoms with Gasteiger partial charge in [0.15, 0.2) is 0 Å². The van der Waals surface area contributed by atoms with Gasteiger partial charge < -0.3 is 5.32 Å². The molecule has 2 aliphatic carbocycles. The van der Waals surface area contributed by atoms with E-state index in [9.17, 15) is 4.39 Å². The Morgan fingerprint density at radius 3 is 2.68 bits per heavy atom. The summed E-state index contributed by atoms with van der Waals surface area (Å²) in [4.78, 5) is 8.38. The van der Waals surface area contributed by atoms with Gasteiger partial charge in [-0.05, 0) is 42.9 Å². The SMILES string of the molecule is C1CC1.Cc1cc(NCc2ccc(C3CC3)c(F)c2)n2ncnc2n1. The fraction of sp³-hybridized carbons (Fsp3) is 0.421. The highest BCUT2D eigenvalue weighted by Crippen LogP contribution is 2.41. The van der Waals surface area contributed by atoms with E-state index >= 15 is 0 Å². The number of hydrogen-bond donors (Lipinski definition) is 1. The topological polar surface area (TPSA) is 55.1 Å². The zero-order chi connectivity index (χ0) is 17.2. The van der Waals surface area contributed by atoms with Crippen molar-refractivity contribution in [2.75, 3.05) is 5.32 Å². The van der Waals surface area contributed by atoms with Crippen LogP contribution in [0.3, 0.4) is 0 Å². The molecule has 2 aliphatic rings. The summed E-state index contributed by atoms with van der Waals surface area (Å²) in [5.74, 6) is 1.68. The number of aryl methyl sites for hydroxylation is 1. The number of fused-ring (bicyclic) bond motifs is 1. The Hall–Kier alpha value is -2.50. The lowest BCUT2D eigenvalue weighted by atomic mass is 10.1. The minimum absolute atomic E-state index is 0.0985. The molecule has 2 fully saturated rings. The molecule has 0 amide bonds. The number of hydrogen-bond acceptors (Lipinski definition) is 4. The molecular formula is C19H22FN5. The van der Waals surface area contributed by atoms with Crippen LogP contribution >= 0.6 is 0 Å². The summed E-state index contributed by atoms with van der Waals surface area (Å²) >= 11 is 0. The highest BCUT2D eigenvalue weighted by molar-refractivity contribution is 5.45. The molecular weight excluding hydrogens is 317 g/mol. The maximum Gasteiger partial charge on any atom is 0.254 e. The van der Waals surface area contributed by atoms with Crippen LogP contribution in [0.5, 0.6) is 0 Å². The van der Waals surface area contributed by atoms with Gasteiger partial charge in [0.05, 0.1) is 0 Å². The van der Waals surface area contributed by atoms with Crippen molar-refractivity contribution in [1.82, 2.24) is 19.6 Å². The molecule has 0 unspecified atom stereocenters. The van der Waals surface area contributed by atoms with Crippen molar-refractivity contribution < 1.29 is 4.39 Å². The summed E-state index contributed by atoms with van der Waals surface area (Å²) in [5.41, 5.74) is 2.62. The Labute approximate surface area is 146 Å². The fourth-order valence-electron chi connectivity index (χ4n) is 2.66. The predicted octanol–water partition coefficient (Wildman–Crippen LogP) is 4.23. The second-order valence-electron chi connectivity index (χ2n) is 6.80. The standard InChI is InChI=1S/C16H16FN5.C3H6/c1-10-6-15(22-16(21-10)19-9-20-22)18-8-11-2-5-13(12-3-4-12)14(17)7-11;1-2-3-1/h2,5-7,9,12,18H,3-4,8H2,1H3;1-3H2. The number of nitrogens with one attached hydrogen (secondary N) is 1. The van der Waals surface area contributed by atoms with Crippen molar-refractivity contribution in [3.8, 4) is 0 Å². The predicted molar refractivity (Wildman–Crippen MR) is 95.1 cm³/mol. The van der Waals surface area contributed by atoms with Gasteiger partial charge in [0.25, 0.3) is 5.78 Å². The monoisotopic (exact) mass is 339 g/mol. The summed E-state index contributed by atoms with van der Waals surface area (Å²) in [5, 5.41) is 7.42. The zero-order valence-electron chi connectivity index (χ0n) is 14.4. The third-order valence-electron chi connectivity index (χ3n) is 4.29. The molecule has 6 heteroatoms. The number of nitrogens with zero attached hydrogens (tertiary/aromatic N) is 4. The van der Waals surface area contributed by atoms with E-state index in [1.54, 1.807) is 10.6 Å². The van der Waals surface area contributed by atoms with Crippen molar-refractivity contribution in [2.45, 2.75) is 51.5 Å². The van der Waals surface area contributed by atoms with Crippen molar-refractivity contribution in [1.29, 1.82) is 0 Å². The zero-order valence-corrected chi connectivity index (χ0v) is 14.4. The van der Waals surface area contributed by atoms with Crippen molar-refractivity contribution >= 4 is 11.6 Å². The largest absolute Gasteiger partial charge is 0.366 e. The fourth-order valence-corrected chi connectivity index (χ4v) is 2.66. The molecule has 1 aromatic carbocycles. The molecule has 5 nitrogen and oxygen atoms in total. The molecule has 25 heavy (non-hydrogen) atoms. The van der Waals surface area contributed by atoms with Crippen molar-refractivity contribution in [3.63, 3.8) is 0 Å². The molecule has 130 valence electrons. The second kappa shape index (κ2) is 6.78. The molecule has 0 bridgehead atoms. The minimum atomic E-state index is -0.0985. The van der Waals surface area contributed by atoms with Crippen LogP contribution in [0.4, 0.5) is 10.2 Å². The van der Waals surface area contributed by atoms with Gasteiger partial charge in [0, 0.05) is 18.3 Å². The molecule has 2 aromatic heterocycles. The van der Waals surface area contributed by atoms with Gasteiger partial charge in [-0.25, -0.2) is 9.37 Å². The Bertz CT molecular complexity index is 880. The molecule has 2 heterocycles. The van der Waals surface area contributed by atoms with E-state index in [2.05, 4.69) is 20.4 Å². The van der Waals surface area contributed by atoms with Gasteiger partial charge in [-0.2, -0.15) is 14.6 Å². The van der Waals surface area contributed by atoms with Crippen LogP contribution in [0.15, 0.2) is 30.6 Å². The number of anilines is 1. The summed E-state index contributed by atoms with van der Waals surface area (Å²) in [6, 6.07) is 7.41. The summed E-state index contributed by atoms with van der Waals surface area (Å²) in [7, 11) is 0. The summed E-state index contributed by atoms with van der Waals surface area (Å²) in [6.45, 7) is 2.43. The van der Waals surface area contributed by atoms with E-state index in [1.807, 2.05) is 25.1 Å². The van der Waals surface area contributed by atoms with E-state index in [1.165, 1.54) is 25.6 Å². The molecule has 0 saturated heterocycles.